The Labute approximate surface area is 121 Å². The lowest BCUT2D eigenvalue weighted by Gasteiger charge is -2.17. The highest BCUT2D eigenvalue weighted by molar-refractivity contribution is 7.15. The van der Waals surface area contributed by atoms with Gasteiger partial charge in [0.05, 0.1) is 0 Å². The van der Waals surface area contributed by atoms with Crippen LogP contribution in [0.3, 0.4) is 0 Å². The van der Waals surface area contributed by atoms with Crippen LogP contribution in [0.15, 0.2) is 30.3 Å². The van der Waals surface area contributed by atoms with Crippen molar-refractivity contribution in [2.45, 2.75) is 19.8 Å². The summed E-state index contributed by atoms with van der Waals surface area (Å²) in [6.07, 6.45) is 1.60. The van der Waals surface area contributed by atoms with Crippen molar-refractivity contribution >= 4 is 22.4 Å². The van der Waals surface area contributed by atoms with Crippen molar-refractivity contribution in [2.24, 2.45) is 0 Å². The molecule has 6 heteroatoms. The van der Waals surface area contributed by atoms with Crippen LogP contribution in [0.25, 0.3) is 0 Å². The second-order valence-electron chi connectivity index (χ2n) is 4.46. The van der Waals surface area contributed by atoms with Crippen molar-refractivity contribution in [3.8, 4) is 0 Å². The average molecular weight is 291 g/mol. The molecule has 2 rings (SSSR count). The van der Waals surface area contributed by atoms with Gasteiger partial charge >= 0.3 is 5.97 Å². The van der Waals surface area contributed by atoms with Gasteiger partial charge in [-0.1, -0.05) is 48.6 Å². The van der Waals surface area contributed by atoms with Crippen LogP contribution < -0.4 is 4.90 Å². The van der Waals surface area contributed by atoms with E-state index in [4.69, 9.17) is 5.11 Å². The third-order valence-electron chi connectivity index (χ3n) is 2.74. The molecule has 5 nitrogen and oxygen atoms in total. The summed E-state index contributed by atoms with van der Waals surface area (Å²) in [5.74, 6) is -0.849. The van der Waals surface area contributed by atoms with Crippen LogP contribution in [-0.4, -0.2) is 34.4 Å². The molecule has 0 amide bonds. The fraction of sp³-hybridized carbons (Fsp3) is 0.357. The maximum absolute atomic E-state index is 10.9. The van der Waals surface area contributed by atoms with Gasteiger partial charge in [-0.3, -0.25) is 4.79 Å². The largest absolute Gasteiger partial charge is 0.480 e. The highest BCUT2D eigenvalue weighted by atomic mass is 32.1. The van der Waals surface area contributed by atoms with Gasteiger partial charge in [-0.25, -0.2) is 0 Å². The van der Waals surface area contributed by atoms with E-state index in [1.165, 1.54) is 16.9 Å². The Morgan fingerprint density at radius 3 is 2.70 bits per heavy atom. The predicted octanol–water partition coefficient (Wildman–Crippen LogP) is 2.43. The predicted molar refractivity (Wildman–Crippen MR) is 79.3 cm³/mol. The average Bonchev–Trinajstić information content (AvgIpc) is 2.87. The number of anilines is 1. The fourth-order valence-electron chi connectivity index (χ4n) is 1.89. The number of hydrogen-bond acceptors (Lipinski definition) is 5. The standard InChI is InChI=1S/C14H17N3O2S/c1-2-8-17(10-13(18)19)14-16-15-12(20-14)9-11-6-4-3-5-7-11/h3-7H,2,8-10H2,1H3,(H,18,19). The van der Waals surface area contributed by atoms with E-state index in [9.17, 15) is 4.79 Å². The fourth-order valence-corrected chi connectivity index (χ4v) is 2.79. The van der Waals surface area contributed by atoms with Crippen LogP contribution in [0, 0.1) is 0 Å². The van der Waals surface area contributed by atoms with Crippen LogP contribution in [0.5, 0.6) is 0 Å². The molecular formula is C14H17N3O2S. The Bertz CT molecular complexity index is 557. The van der Waals surface area contributed by atoms with Crippen LogP contribution >= 0.6 is 11.3 Å². The monoisotopic (exact) mass is 291 g/mol. The number of aromatic nitrogens is 2. The van der Waals surface area contributed by atoms with Gasteiger partial charge in [0.1, 0.15) is 11.6 Å². The summed E-state index contributed by atoms with van der Waals surface area (Å²) in [6.45, 7) is 2.65. The first-order valence-corrected chi connectivity index (χ1v) is 7.33. The molecule has 0 saturated carbocycles. The van der Waals surface area contributed by atoms with E-state index in [1.807, 2.05) is 37.3 Å². The highest BCUT2D eigenvalue weighted by Gasteiger charge is 2.15. The molecule has 0 bridgehead atoms. The number of aliphatic carboxylic acids is 1. The maximum atomic E-state index is 10.9. The van der Waals surface area contributed by atoms with Crippen molar-refractivity contribution in [1.82, 2.24) is 10.2 Å². The van der Waals surface area contributed by atoms with E-state index in [2.05, 4.69) is 10.2 Å². The first-order valence-electron chi connectivity index (χ1n) is 6.52. The minimum Gasteiger partial charge on any atom is -0.480 e. The van der Waals surface area contributed by atoms with Crippen molar-refractivity contribution in [3.63, 3.8) is 0 Å². The van der Waals surface area contributed by atoms with Crippen molar-refractivity contribution < 1.29 is 9.90 Å². The third kappa shape index (κ3) is 4.03. The zero-order valence-electron chi connectivity index (χ0n) is 11.3. The van der Waals surface area contributed by atoms with Gasteiger partial charge in [0.15, 0.2) is 0 Å². The zero-order valence-corrected chi connectivity index (χ0v) is 12.1. The van der Waals surface area contributed by atoms with Gasteiger partial charge in [-0.2, -0.15) is 0 Å². The van der Waals surface area contributed by atoms with Crippen LogP contribution in [-0.2, 0) is 11.2 Å². The minimum atomic E-state index is -0.849. The molecule has 0 radical (unpaired) electrons. The Morgan fingerprint density at radius 2 is 2.05 bits per heavy atom. The van der Waals surface area contributed by atoms with Gasteiger partial charge in [-0.05, 0) is 12.0 Å². The zero-order chi connectivity index (χ0) is 14.4. The van der Waals surface area contributed by atoms with E-state index in [-0.39, 0.29) is 6.54 Å². The summed E-state index contributed by atoms with van der Waals surface area (Å²) in [6, 6.07) is 10.0. The SMILES string of the molecule is CCCN(CC(=O)O)c1nnc(Cc2ccccc2)s1. The van der Waals surface area contributed by atoms with E-state index >= 15 is 0 Å². The molecule has 0 saturated heterocycles. The van der Waals surface area contributed by atoms with Crippen molar-refractivity contribution in [1.29, 1.82) is 0 Å². The normalized spacial score (nSPS) is 10.4. The lowest BCUT2D eigenvalue weighted by Crippen LogP contribution is -2.30. The quantitative estimate of drug-likeness (QED) is 0.848. The number of carbonyl (C=O) groups is 1. The molecule has 1 heterocycles. The Balaban J connectivity index is 2.08. The summed E-state index contributed by atoms with van der Waals surface area (Å²) in [5, 5.41) is 18.8. The number of carboxylic acids is 1. The maximum Gasteiger partial charge on any atom is 0.323 e. The van der Waals surface area contributed by atoms with Gasteiger partial charge in [0.2, 0.25) is 5.13 Å². The first-order chi connectivity index (χ1) is 9.69. The van der Waals surface area contributed by atoms with E-state index < -0.39 is 5.97 Å². The van der Waals surface area contributed by atoms with Crippen molar-refractivity contribution in [2.75, 3.05) is 18.0 Å². The lowest BCUT2D eigenvalue weighted by molar-refractivity contribution is -0.135. The molecule has 1 aromatic carbocycles. The molecule has 0 aliphatic rings. The molecule has 2 aromatic rings. The van der Waals surface area contributed by atoms with E-state index in [0.717, 1.165) is 17.8 Å². The van der Waals surface area contributed by atoms with Gasteiger partial charge < -0.3 is 10.0 Å². The lowest BCUT2D eigenvalue weighted by atomic mass is 10.2. The van der Waals surface area contributed by atoms with Crippen LogP contribution in [0.4, 0.5) is 5.13 Å². The Kier molecular flexibility index (Phi) is 5.06. The number of hydrogen-bond donors (Lipinski definition) is 1. The molecule has 0 fully saturated rings. The molecule has 0 spiro atoms. The smallest absolute Gasteiger partial charge is 0.323 e. The Hall–Kier alpha value is -1.95. The summed E-state index contributed by atoms with van der Waals surface area (Å²) in [5.41, 5.74) is 1.18. The number of carboxylic acid groups (broad SMARTS) is 1. The number of benzene rings is 1. The van der Waals surface area contributed by atoms with Crippen LogP contribution in [0.2, 0.25) is 0 Å². The van der Waals surface area contributed by atoms with Crippen LogP contribution in [0.1, 0.15) is 23.9 Å². The summed E-state index contributed by atoms with van der Waals surface area (Å²) in [4.78, 5) is 12.6. The third-order valence-corrected chi connectivity index (χ3v) is 3.73. The summed E-state index contributed by atoms with van der Waals surface area (Å²) >= 11 is 1.46. The Morgan fingerprint density at radius 1 is 1.30 bits per heavy atom. The number of nitrogens with zero attached hydrogens (tertiary/aromatic N) is 3. The molecule has 0 unspecified atom stereocenters. The molecule has 0 aliphatic carbocycles. The topological polar surface area (TPSA) is 66.3 Å². The first kappa shape index (κ1) is 14.5. The molecular weight excluding hydrogens is 274 g/mol. The van der Waals surface area contributed by atoms with Gasteiger partial charge in [-0.15, -0.1) is 10.2 Å². The summed E-state index contributed by atoms with van der Waals surface area (Å²) in [7, 11) is 0. The molecule has 0 aliphatic heterocycles. The number of rotatable bonds is 7. The molecule has 1 aromatic heterocycles. The van der Waals surface area contributed by atoms with Gasteiger partial charge in [0.25, 0.3) is 0 Å². The molecule has 0 atom stereocenters. The van der Waals surface area contributed by atoms with Crippen molar-refractivity contribution in [3.05, 3.63) is 40.9 Å². The molecule has 20 heavy (non-hydrogen) atoms. The van der Waals surface area contributed by atoms with Gasteiger partial charge in [0, 0.05) is 13.0 Å². The highest BCUT2D eigenvalue weighted by Crippen LogP contribution is 2.22. The van der Waals surface area contributed by atoms with E-state index in [1.54, 1.807) is 4.90 Å². The molecule has 1 N–H and O–H groups in total. The second kappa shape index (κ2) is 7.00. The van der Waals surface area contributed by atoms with E-state index in [0.29, 0.717) is 11.7 Å². The summed E-state index contributed by atoms with van der Waals surface area (Å²) < 4.78 is 0. The molecule has 106 valence electrons. The minimum absolute atomic E-state index is 0.0339. The second-order valence-corrected chi connectivity index (χ2v) is 5.50.